The number of anilines is 1. The van der Waals surface area contributed by atoms with E-state index in [1.807, 2.05) is 37.3 Å². The highest BCUT2D eigenvalue weighted by Gasteiger charge is 2.12. The van der Waals surface area contributed by atoms with Gasteiger partial charge in [0.1, 0.15) is 0 Å². The van der Waals surface area contributed by atoms with Crippen LogP contribution in [-0.2, 0) is 13.0 Å². The Bertz CT molecular complexity index is 650. The van der Waals surface area contributed by atoms with Crippen molar-refractivity contribution < 1.29 is 4.79 Å². The second-order valence-corrected chi connectivity index (χ2v) is 5.39. The molecule has 2 aromatic rings. The molecule has 0 saturated heterocycles. The summed E-state index contributed by atoms with van der Waals surface area (Å²) in [4.78, 5) is 16.4. The molecule has 2 N–H and O–H groups in total. The Labute approximate surface area is 124 Å². The molecule has 21 heavy (non-hydrogen) atoms. The lowest BCUT2D eigenvalue weighted by molar-refractivity contribution is 0.0951. The van der Waals surface area contributed by atoms with Crippen LogP contribution in [0.25, 0.3) is 0 Å². The summed E-state index contributed by atoms with van der Waals surface area (Å²) in [5, 5.41) is 6.29. The number of hydrogen-bond donors (Lipinski definition) is 2. The summed E-state index contributed by atoms with van der Waals surface area (Å²) in [5.41, 5.74) is 5.09. The Hall–Kier alpha value is -2.36. The van der Waals surface area contributed by atoms with Gasteiger partial charge in [0.25, 0.3) is 5.91 Å². The highest BCUT2D eigenvalue weighted by atomic mass is 16.1. The van der Waals surface area contributed by atoms with Crippen LogP contribution in [0.3, 0.4) is 0 Å². The summed E-state index contributed by atoms with van der Waals surface area (Å²) >= 11 is 0. The summed E-state index contributed by atoms with van der Waals surface area (Å²) in [6.45, 7) is 3.46. The van der Waals surface area contributed by atoms with Gasteiger partial charge in [-0.25, -0.2) is 0 Å². The van der Waals surface area contributed by atoms with Gasteiger partial charge in [0, 0.05) is 36.2 Å². The summed E-state index contributed by atoms with van der Waals surface area (Å²) in [6, 6.07) is 9.80. The van der Waals surface area contributed by atoms with Gasteiger partial charge in [-0.3, -0.25) is 9.78 Å². The monoisotopic (exact) mass is 281 g/mol. The molecule has 0 bridgehead atoms. The van der Waals surface area contributed by atoms with Crippen molar-refractivity contribution in [2.24, 2.45) is 0 Å². The first-order valence-corrected chi connectivity index (χ1v) is 7.29. The molecule has 2 heterocycles. The zero-order valence-electron chi connectivity index (χ0n) is 12.1. The minimum Gasteiger partial charge on any atom is -0.385 e. The molecule has 4 heteroatoms. The van der Waals surface area contributed by atoms with Gasteiger partial charge in [-0.2, -0.15) is 0 Å². The molecule has 0 atom stereocenters. The van der Waals surface area contributed by atoms with Crippen molar-refractivity contribution in [2.75, 3.05) is 11.9 Å². The van der Waals surface area contributed by atoms with Crippen LogP contribution >= 0.6 is 0 Å². The zero-order chi connectivity index (χ0) is 14.7. The van der Waals surface area contributed by atoms with Crippen molar-refractivity contribution in [3.63, 3.8) is 0 Å². The molecule has 1 aromatic carbocycles. The van der Waals surface area contributed by atoms with Crippen molar-refractivity contribution in [1.82, 2.24) is 10.3 Å². The van der Waals surface area contributed by atoms with Crippen LogP contribution in [0.4, 0.5) is 5.69 Å². The van der Waals surface area contributed by atoms with Crippen molar-refractivity contribution in [3.8, 4) is 0 Å². The molecule has 4 nitrogen and oxygen atoms in total. The maximum Gasteiger partial charge on any atom is 0.251 e. The predicted molar refractivity (Wildman–Crippen MR) is 83.4 cm³/mol. The number of aromatic nitrogens is 1. The van der Waals surface area contributed by atoms with E-state index in [2.05, 4.69) is 15.6 Å². The average molecular weight is 281 g/mol. The van der Waals surface area contributed by atoms with Gasteiger partial charge in [-0.05, 0) is 55.2 Å². The number of pyridine rings is 1. The van der Waals surface area contributed by atoms with E-state index in [9.17, 15) is 4.79 Å². The molecule has 0 fully saturated rings. The van der Waals surface area contributed by atoms with E-state index in [1.165, 1.54) is 5.56 Å². The Morgan fingerprint density at radius 3 is 3.05 bits per heavy atom. The molecular formula is C17H19N3O. The van der Waals surface area contributed by atoms with Crippen LogP contribution in [0.2, 0.25) is 0 Å². The first-order chi connectivity index (χ1) is 10.2. The average Bonchev–Trinajstić information content (AvgIpc) is 2.53. The van der Waals surface area contributed by atoms with Crippen molar-refractivity contribution in [1.29, 1.82) is 0 Å². The highest BCUT2D eigenvalue weighted by molar-refractivity contribution is 5.94. The fourth-order valence-corrected chi connectivity index (χ4v) is 2.50. The van der Waals surface area contributed by atoms with E-state index >= 15 is 0 Å². The summed E-state index contributed by atoms with van der Waals surface area (Å²) in [6.07, 6.45) is 3.95. The third kappa shape index (κ3) is 3.21. The van der Waals surface area contributed by atoms with Crippen molar-refractivity contribution in [2.45, 2.75) is 26.3 Å². The Morgan fingerprint density at radius 1 is 1.33 bits per heavy atom. The molecule has 3 rings (SSSR count). The standard InChI is InChI=1S/C17H19N3O/c1-12-4-5-13(10-19-12)11-20-17(21)15-6-7-16-14(9-15)3-2-8-18-16/h4-7,9-10,18H,2-3,8,11H2,1H3,(H,20,21). The summed E-state index contributed by atoms with van der Waals surface area (Å²) in [7, 11) is 0. The maximum absolute atomic E-state index is 12.2. The number of amides is 1. The molecule has 0 saturated carbocycles. The number of nitrogens with one attached hydrogen (secondary N) is 2. The third-order valence-electron chi connectivity index (χ3n) is 3.73. The number of carbonyl (C=O) groups excluding carboxylic acids is 1. The van der Waals surface area contributed by atoms with E-state index in [1.54, 1.807) is 6.20 Å². The summed E-state index contributed by atoms with van der Waals surface area (Å²) < 4.78 is 0. The molecule has 0 unspecified atom stereocenters. The number of fused-ring (bicyclic) bond motifs is 1. The summed E-state index contributed by atoms with van der Waals surface area (Å²) in [5.74, 6) is -0.0380. The van der Waals surface area contributed by atoms with Gasteiger partial charge >= 0.3 is 0 Å². The molecule has 0 aliphatic carbocycles. The Kier molecular flexibility index (Phi) is 3.86. The van der Waals surface area contributed by atoms with E-state index in [4.69, 9.17) is 0 Å². The van der Waals surface area contributed by atoms with Gasteiger partial charge in [-0.15, -0.1) is 0 Å². The molecule has 1 aliphatic rings. The molecule has 0 radical (unpaired) electrons. The fraction of sp³-hybridized carbons (Fsp3) is 0.294. The van der Waals surface area contributed by atoms with Gasteiger partial charge in [0.15, 0.2) is 0 Å². The molecule has 1 aromatic heterocycles. The van der Waals surface area contributed by atoms with E-state index in [-0.39, 0.29) is 5.91 Å². The second kappa shape index (κ2) is 5.95. The molecule has 0 spiro atoms. The van der Waals surface area contributed by atoms with Gasteiger partial charge < -0.3 is 10.6 Å². The quantitative estimate of drug-likeness (QED) is 0.909. The highest BCUT2D eigenvalue weighted by Crippen LogP contribution is 2.22. The SMILES string of the molecule is Cc1ccc(CNC(=O)c2ccc3c(c2)CCCN3)cn1. The molecular weight excluding hydrogens is 262 g/mol. The largest absolute Gasteiger partial charge is 0.385 e. The second-order valence-electron chi connectivity index (χ2n) is 5.39. The topological polar surface area (TPSA) is 54.0 Å². The Morgan fingerprint density at radius 2 is 2.24 bits per heavy atom. The minimum atomic E-state index is -0.0380. The first kappa shape index (κ1) is 13.6. The van der Waals surface area contributed by atoms with Crippen LogP contribution in [0.1, 0.15) is 33.6 Å². The lowest BCUT2D eigenvalue weighted by Gasteiger charge is -2.18. The molecule has 1 aliphatic heterocycles. The lowest BCUT2D eigenvalue weighted by atomic mass is 10.0. The number of benzene rings is 1. The minimum absolute atomic E-state index is 0.0380. The lowest BCUT2D eigenvalue weighted by Crippen LogP contribution is -2.23. The van der Waals surface area contributed by atoms with Crippen LogP contribution in [-0.4, -0.2) is 17.4 Å². The third-order valence-corrected chi connectivity index (χ3v) is 3.73. The molecule has 108 valence electrons. The number of hydrogen-bond acceptors (Lipinski definition) is 3. The van der Waals surface area contributed by atoms with Crippen LogP contribution in [0.15, 0.2) is 36.5 Å². The number of rotatable bonds is 3. The number of carbonyl (C=O) groups is 1. The van der Waals surface area contributed by atoms with E-state index in [0.717, 1.165) is 41.9 Å². The Balaban J connectivity index is 1.66. The van der Waals surface area contributed by atoms with E-state index in [0.29, 0.717) is 6.54 Å². The van der Waals surface area contributed by atoms with Crippen LogP contribution in [0, 0.1) is 6.92 Å². The molecule has 1 amide bonds. The van der Waals surface area contributed by atoms with Gasteiger partial charge in [-0.1, -0.05) is 6.07 Å². The smallest absolute Gasteiger partial charge is 0.251 e. The van der Waals surface area contributed by atoms with Crippen LogP contribution < -0.4 is 10.6 Å². The number of aryl methyl sites for hydroxylation is 2. The maximum atomic E-state index is 12.2. The predicted octanol–water partition coefficient (Wildman–Crippen LogP) is 2.68. The fourth-order valence-electron chi connectivity index (χ4n) is 2.50. The first-order valence-electron chi connectivity index (χ1n) is 7.29. The van der Waals surface area contributed by atoms with E-state index < -0.39 is 0 Å². The van der Waals surface area contributed by atoms with Crippen molar-refractivity contribution in [3.05, 3.63) is 58.9 Å². The normalized spacial score (nSPS) is 13.2. The van der Waals surface area contributed by atoms with Gasteiger partial charge in [0.05, 0.1) is 0 Å². The number of nitrogens with zero attached hydrogens (tertiary/aromatic N) is 1. The van der Waals surface area contributed by atoms with Gasteiger partial charge in [0.2, 0.25) is 0 Å². The zero-order valence-corrected chi connectivity index (χ0v) is 12.1. The van der Waals surface area contributed by atoms with Crippen molar-refractivity contribution >= 4 is 11.6 Å². The van der Waals surface area contributed by atoms with Crippen LogP contribution in [0.5, 0.6) is 0 Å².